The number of hydrogen-bond acceptors (Lipinski definition) is 3. The van der Waals surface area contributed by atoms with Crippen molar-refractivity contribution in [1.82, 2.24) is 0 Å². The molecule has 4 heteroatoms. The van der Waals surface area contributed by atoms with E-state index in [0.29, 0.717) is 0 Å². The second kappa shape index (κ2) is 5.80. The fourth-order valence-corrected chi connectivity index (χ4v) is 2.95. The molecule has 0 aliphatic heterocycles. The highest BCUT2D eigenvalue weighted by atomic mass is 32.2. The SMILES string of the molecule is CCC1CCC(C(=O)CCS(C)(=O)=O)CC1. The van der Waals surface area contributed by atoms with E-state index in [2.05, 4.69) is 6.92 Å². The molecule has 1 saturated carbocycles. The Labute approximate surface area is 98.5 Å². The first kappa shape index (κ1) is 13.7. The molecule has 3 nitrogen and oxygen atoms in total. The highest BCUT2D eigenvalue weighted by Gasteiger charge is 2.25. The molecule has 0 spiro atoms. The Morgan fingerprint density at radius 1 is 1.19 bits per heavy atom. The first-order valence-corrected chi connectivity index (χ1v) is 8.19. The molecular weight excluding hydrogens is 224 g/mol. The summed E-state index contributed by atoms with van der Waals surface area (Å²) in [5.41, 5.74) is 0. The van der Waals surface area contributed by atoms with Crippen LogP contribution in [0.15, 0.2) is 0 Å². The maximum Gasteiger partial charge on any atom is 0.147 e. The molecule has 16 heavy (non-hydrogen) atoms. The van der Waals surface area contributed by atoms with E-state index in [1.165, 1.54) is 12.7 Å². The second-order valence-corrected chi connectivity index (χ2v) is 7.23. The number of carbonyl (C=O) groups is 1. The second-order valence-electron chi connectivity index (χ2n) is 4.97. The fraction of sp³-hybridized carbons (Fsp3) is 0.917. The molecule has 0 amide bonds. The van der Waals surface area contributed by atoms with Crippen molar-refractivity contribution in [1.29, 1.82) is 0 Å². The summed E-state index contributed by atoms with van der Waals surface area (Å²) in [6.07, 6.45) is 6.78. The third kappa shape index (κ3) is 4.64. The molecular formula is C12H22O3S. The van der Waals surface area contributed by atoms with Crippen molar-refractivity contribution in [2.75, 3.05) is 12.0 Å². The number of rotatable bonds is 5. The van der Waals surface area contributed by atoms with Crippen LogP contribution in [0.3, 0.4) is 0 Å². The van der Waals surface area contributed by atoms with Gasteiger partial charge in [0.15, 0.2) is 0 Å². The number of sulfone groups is 1. The van der Waals surface area contributed by atoms with Crippen LogP contribution in [0.1, 0.15) is 45.4 Å². The largest absolute Gasteiger partial charge is 0.299 e. The van der Waals surface area contributed by atoms with E-state index in [1.54, 1.807) is 0 Å². The van der Waals surface area contributed by atoms with Crippen molar-refractivity contribution < 1.29 is 13.2 Å². The van der Waals surface area contributed by atoms with E-state index < -0.39 is 9.84 Å². The van der Waals surface area contributed by atoms with Crippen molar-refractivity contribution in [3.8, 4) is 0 Å². The van der Waals surface area contributed by atoms with E-state index in [9.17, 15) is 13.2 Å². The van der Waals surface area contributed by atoms with Gasteiger partial charge in [0.25, 0.3) is 0 Å². The minimum atomic E-state index is -2.99. The van der Waals surface area contributed by atoms with Gasteiger partial charge in [-0.05, 0) is 31.6 Å². The molecule has 0 aromatic rings. The lowest BCUT2D eigenvalue weighted by Crippen LogP contribution is -2.23. The first-order valence-electron chi connectivity index (χ1n) is 6.12. The van der Waals surface area contributed by atoms with Crippen LogP contribution >= 0.6 is 0 Å². The Morgan fingerprint density at radius 2 is 1.75 bits per heavy atom. The molecule has 1 aliphatic carbocycles. The predicted molar refractivity (Wildman–Crippen MR) is 65.1 cm³/mol. The molecule has 0 atom stereocenters. The Kier molecular flexibility index (Phi) is 4.96. The van der Waals surface area contributed by atoms with Crippen molar-refractivity contribution in [3.63, 3.8) is 0 Å². The fourth-order valence-electron chi connectivity index (χ4n) is 2.38. The highest BCUT2D eigenvalue weighted by molar-refractivity contribution is 7.90. The Morgan fingerprint density at radius 3 is 2.19 bits per heavy atom. The molecule has 0 bridgehead atoms. The zero-order valence-electron chi connectivity index (χ0n) is 10.2. The molecule has 0 heterocycles. The minimum Gasteiger partial charge on any atom is -0.299 e. The maximum atomic E-state index is 11.8. The van der Waals surface area contributed by atoms with E-state index in [-0.39, 0.29) is 23.9 Å². The average Bonchev–Trinajstić information content (AvgIpc) is 2.25. The van der Waals surface area contributed by atoms with Gasteiger partial charge in [-0.1, -0.05) is 13.3 Å². The lowest BCUT2D eigenvalue weighted by Gasteiger charge is -2.26. The van der Waals surface area contributed by atoms with Gasteiger partial charge in [-0.15, -0.1) is 0 Å². The van der Waals surface area contributed by atoms with Crippen LogP contribution in [-0.4, -0.2) is 26.2 Å². The van der Waals surface area contributed by atoms with Gasteiger partial charge in [0.2, 0.25) is 0 Å². The molecule has 1 rings (SSSR count). The summed E-state index contributed by atoms with van der Waals surface area (Å²) in [5.74, 6) is 1.07. The standard InChI is InChI=1S/C12H22O3S/c1-3-10-4-6-11(7-5-10)12(13)8-9-16(2,14)15/h10-11H,3-9H2,1-2H3. The van der Waals surface area contributed by atoms with Crippen LogP contribution in [0, 0.1) is 11.8 Å². The number of Topliss-reactive ketones (excluding diaryl/α,β-unsaturated/α-hetero) is 1. The van der Waals surface area contributed by atoms with Crippen LogP contribution in [0.4, 0.5) is 0 Å². The van der Waals surface area contributed by atoms with Gasteiger partial charge in [0, 0.05) is 18.6 Å². The van der Waals surface area contributed by atoms with Crippen molar-refractivity contribution in [2.24, 2.45) is 11.8 Å². The normalized spacial score (nSPS) is 26.6. The van der Waals surface area contributed by atoms with Crippen molar-refractivity contribution in [2.45, 2.75) is 45.4 Å². The predicted octanol–water partition coefficient (Wildman–Crippen LogP) is 2.21. The summed E-state index contributed by atoms with van der Waals surface area (Å²) in [6.45, 7) is 2.19. The van der Waals surface area contributed by atoms with E-state index in [4.69, 9.17) is 0 Å². The van der Waals surface area contributed by atoms with Crippen molar-refractivity contribution in [3.05, 3.63) is 0 Å². The number of hydrogen-bond donors (Lipinski definition) is 0. The quantitative estimate of drug-likeness (QED) is 0.747. The van der Waals surface area contributed by atoms with Gasteiger partial charge in [-0.25, -0.2) is 8.42 Å². The van der Waals surface area contributed by atoms with Gasteiger partial charge >= 0.3 is 0 Å². The zero-order chi connectivity index (χ0) is 12.2. The van der Waals surface area contributed by atoms with Gasteiger partial charge in [-0.3, -0.25) is 4.79 Å². The summed E-state index contributed by atoms with van der Waals surface area (Å²) in [4.78, 5) is 11.8. The summed E-state index contributed by atoms with van der Waals surface area (Å²) in [5, 5.41) is 0. The molecule has 94 valence electrons. The van der Waals surface area contributed by atoms with E-state index in [0.717, 1.165) is 31.6 Å². The van der Waals surface area contributed by atoms with Crippen molar-refractivity contribution >= 4 is 15.6 Å². The molecule has 1 aliphatic rings. The van der Waals surface area contributed by atoms with Crippen LogP contribution in [-0.2, 0) is 14.6 Å². The maximum absolute atomic E-state index is 11.8. The number of carbonyl (C=O) groups excluding carboxylic acids is 1. The molecule has 0 aromatic carbocycles. The molecule has 0 saturated heterocycles. The van der Waals surface area contributed by atoms with Gasteiger partial charge < -0.3 is 0 Å². The summed E-state index contributed by atoms with van der Waals surface area (Å²) in [6, 6.07) is 0. The van der Waals surface area contributed by atoms with E-state index >= 15 is 0 Å². The topological polar surface area (TPSA) is 51.2 Å². The molecule has 0 radical (unpaired) electrons. The van der Waals surface area contributed by atoms with Gasteiger partial charge in [0.05, 0.1) is 5.75 Å². The van der Waals surface area contributed by atoms with Crippen LogP contribution in [0.5, 0.6) is 0 Å². The van der Waals surface area contributed by atoms with Crippen LogP contribution in [0.25, 0.3) is 0 Å². The highest BCUT2D eigenvalue weighted by Crippen LogP contribution is 2.31. The average molecular weight is 246 g/mol. The summed E-state index contributed by atoms with van der Waals surface area (Å²) in [7, 11) is -2.99. The molecule has 0 N–H and O–H groups in total. The first-order chi connectivity index (χ1) is 7.42. The van der Waals surface area contributed by atoms with Crippen LogP contribution in [0.2, 0.25) is 0 Å². The third-order valence-corrected chi connectivity index (χ3v) is 4.54. The Hall–Kier alpha value is -0.380. The summed E-state index contributed by atoms with van der Waals surface area (Å²) >= 11 is 0. The summed E-state index contributed by atoms with van der Waals surface area (Å²) < 4.78 is 21.9. The smallest absolute Gasteiger partial charge is 0.147 e. The lowest BCUT2D eigenvalue weighted by atomic mass is 9.78. The van der Waals surface area contributed by atoms with Crippen LogP contribution < -0.4 is 0 Å². The third-order valence-electron chi connectivity index (χ3n) is 3.60. The van der Waals surface area contributed by atoms with Gasteiger partial charge in [-0.2, -0.15) is 0 Å². The molecule has 0 unspecified atom stereocenters. The minimum absolute atomic E-state index is 0.0134. The molecule has 0 aromatic heterocycles. The Balaban J connectivity index is 2.34. The molecule has 1 fully saturated rings. The zero-order valence-corrected chi connectivity index (χ0v) is 11.1. The monoisotopic (exact) mass is 246 g/mol. The number of ketones is 1. The van der Waals surface area contributed by atoms with Gasteiger partial charge in [0.1, 0.15) is 15.6 Å². The Bertz CT molecular complexity index is 324. The lowest BCUT2D eigenvalue weighted by molar-refractivity contribution is -0.123. The van der Waals surface area contributed by atoms with E-state index in [1.807, 2.05) is 0 Å².